The fourth-order valence-electron chi connectivity index (χ4n) is 0.807. The second-order valence-corrected chi connectivity index (χ2v) is 2.35. The van der Waals surface area contributed by atoms with E-state index in [0.717, 1.165) is 6.42 Å². The van der Waals surface area contributed by atoms with Gasteiger partial charge in [-0.05, 0) is 13.0 Å². The van der Waals surface area contributed by atoms with Gasteiger partial charge < -0.3 is 20.4 Å². The second-order valence-electron chi connectivity index (χ2n) is 2.35. The molecule has 1 aromatic rings. The van der Waals surface area contributed by atoms with Crippen molar-refractivity contribution < 1.29 is 9.63 Å². The summed E-state index contributed by atoms with van der Waals surface area (Å²) in [5, 5.41) is 13.8. The van der Waals surface area contributed by atoms with Gasteiger partial charge in [0.05, 0.1) is 6.20 Å². The van der Waals surface area contributed by atoms with Gasteiger partial charge in [-0.25, -0.2) is 5.84 Å². The van der Waals surface area contributed by atoms with E-state index < -0.39 is 0 Å². The highest BCUT2D eigenvalue weighted by Gasteiger charge is 2.10. The zero-order valence-corrected chi connectivity index (χ0v) is 6.60. The maximum atomic E-state index is 9.04. The summed E-state index contributed by atoms with van der Waals surface area (Å²) < 4.78 is 4.42. The third-order valence-electron chi connectivity index (χ3n) is 1.45. The molecule has 0 unspecified atom stereocenters. The standard InChI is InChI=1S/C6H12N4O2/c7-2-1-3-10(8)5-4-9-12-6(5)11/h4,11H,1-3,7-8H2. The molecule has 0 aliphatic heterocycles. The van der Waals surface area contributed by atoms with Crippen molar-refractivity contribution in [3.63, 3.8) is 0 Å². The quantitative estimate of drug-likeness (QED) is 0.414. The van der Waals surface area contributed by atoms with E-state index in [1.165, 1.54) is 11.2 Å². The summed E-state index contributed by atoms with van der Waals surface area (Å²) in [6.07, 6.45) is 2.10. The highest BCUT2D eigenvalue weighted by Crippen LogP contribution is 2.23. The molecule has 5 N–H and O–H groups in total. The number of hydrogen-bond acceptors (Lipinski definition) is 6. The van der Waals surface area contributed by atoms with Crippen LogP contribution < -0.4 is 16.6 Å². The number of nitrogens with zero attached hydrogens (tertiary/aromatic N) is 2. The lowest BCUT2D eigenvalue weighted by molar-refractivity contribution is 0.278. The van der Waals surface area contributed by atoms with Gasteiger partial charge in [-0.1, -0.05) is 5.16 Å². The van der Waals surface area contributed by atoms with Gasteiger partial charge in [-0.3, -0.25) is 0 Å². The van der Waals surface area contributed by atoms with E-state index in [4.69, 9.17) is 16.7 Å². The van der Waals surface area contributed by atoms with Crippen LogP contribution in [0.1, 0.15) is 6.42 Å². The number of rotatable bonds is 4. The Balaban J connectivity index is 2.52. The van der Waals surface area contributed by atoms with Crippen molar-refractivity contribution in [1.29, 1.82) is 0 Å². The molecule has 1 aromatic heterocycles. The Hall–Kier alpha value is -1.27. The molecule has 12 heavy (non-hydrogen) atoms. The Kier molecular flexibility index (Phi) is 2.89. The lowest BCUT2D eigenvalue weighted by Crippen LogP contribution is -2.32. The predicted octanol–water partition coefficient (Wildman–Crippen LogP) is -0.591. The molecule has 1 rings (SSSR count). The van der Waals surface area contributed by atoms with Crippen molar-refractivity contribution in [3.8, 4) is 5.95 Å². The molecule has 0 fully saturated rings. The topological polar surface area (TPSA) is 102 Å². The summed E-state index contributed by atoms with van der Waals surface area (Å²) in [5.74, 6) is 5.28. The Morgan fingerprint density at radius 3 is 2.92 bits per heavy atom. The lowest BCUT2D eigenvalue weighted by atomic mass is 10.4. The molecule has 0 amide bonds. The van der Waals surface area contributed by atoms with Gasteiger partial charge in [0.2, 0.25) is 0 Å². The van der Waals surface area contributed by atoms with Crippen LogP contribution in [0.15, 0.2) is 10.7 Å². The summed E-state index contributed by atoms with van der Waals surface area (Å²) in [5.41, 5.74) is 5.66. The molecule has 0 aliphatic carbocycles. The van der Waals surface area contributed by atoms with Crippen LogP contribution >= 0.6 is 0 Å². The number of hydrogen-bond donors (Lipinski definition) is 3. The second kappa shape index (κ2) is 3.93. The molecule has 6 heteroatoms. The van der Waals surface area contributed by atoms with E-state index in [9.17, 15) is 0 Å². The van der Waals surface area contributed by atoms with E-state index in [2.05, 4.69) is 9.68 Å². The van der Waals surface area contributed by atoms with E-state index in [0.29, 0.717) is 18.8 Å². The van der Waals surface area contributed by atoms with Crippen LogP contribution in [0, 0.1) is 0 Å². The monoisotopic (exact) mass is 172 g/mol. The Labute approximate surface area is 69.7 Å². The zero-order chi connectivity index (χ0) is 8.97. The van der Waals surface area contributed by atoms with Crippen LogP contribution in [0.5, 0.6) is 5.95 Å². The van der Waals surface area contributed by atoms with Gasteiger partial charge >= 0.3 is 5.95 Å². The molecule has 1 heterocycles. The van der Waals surface area contributed by atoms with Gasteiger partial charge in [-0.15, -0.1) is 0 Å². The van der Waals surface area contributed by atoms with Crippen LogP contribution in [0.25, 0.3) is 0 Å². The molecule has 0 saturated heterocycles. The van der Waals surface area contributed by atoms with E-state index in [1.807, 2.05) is 0 Å². The summed E-state index contributed by atoms with van der Waals surface area (Å²) >= 11 is 0. The summed E-state index contributed by atoms with van der Waals surface area (Å²) in [6, 6.07) is 0. The SMILES string of the molecule is NCCCN(N)c1cnoc1O. The first-order chi connectivity index (χ1) is 5.75. The third kappa shape index (κ3) is 1.86. The number of aromatic hydroxyl groups is 1. The minimum atomic E-state index is -0.269. The highest BCUT2D eigenvalue weighted by atomic mass is 16.5. The predicted molar refractivity (Wildman–Crippen MR) is 43.4 cm³/mol. The fourth-order valence-corrected chi connectivity index (χ4v) is 0.807. The van der Waals surface area contributed by atoms with Gasteiger partial charge in [0.15, 0.2) is 5.69 Å². The number of aromatic nitrogens is 1. The van der Waals surface area contributed by atoms with Gasteiger partial charge in [-0.2, -0.15) is 0 Å². The summed E-state index contributed by atoms with van der Waals surface area (Å²) in [7, 11) is 0. The largest absolute Gasteiger partial charge is 0.478 e. The minimum absolute atomic E-state index is 0.269. The van der Waals surface area contributed by atoms with Gasteiger partial charge in [0.1, 0.15) is 0 Å². The smallest absolute Gasteiger partial charge is 0.333 e. The molecule has 0 radical (unpaired) electrons. The molecule has 6 nitrogen and oxygen atoms in total. The number of anilines is 1. The summed E-state index contributed by atoms with van der Waals surface area (Å²) in [6.45, 7) is 1.12. The summed E-state index contributed by atoms with van der Waals surface area (Å²) in [4.78, 5) is 0. The van der Waals surface area contributed by atoms with Gasteiger partial charge in [0.25, 0.3) is 0 Å². The number of nitrogens with two attached hydrogens (primary N) is 2. The fraction of sp³-hybridized carbons (Fsp3) is 0.500. The minimum Gasteiger partial charge on any atom is -0.478 e. The molecule has 0 atom stereocenters. The van der Waals surface area contributed by atoms with Crippen molar-refractivity contribution >= 4 is 5.69 Å². The molecule has 0 aliphatic rings. The lowest BCUT2D eigenvalue weighted by Gasteiger charge is -2.14. The van der Waals surface area contributed by atoms with Crippen LogP contribution in [0.4, 0.5) is 5.69 Å². The van der Waals surface area contributed by atoms with Crippen LogP contribution in [-0.2, 0) is 0 Å². The van der Waals surface area contributed by atoms with E-state index >= 15 is 0 Å². The third-order valence-corrected chi connectivity index (χ3v) is 1.45. The Morgan fingerprint density at radius 2 is 2.42 bits per heavy atom. The first-order valence-electron chi connectivity index (χ1n) is 3.61. The van der Waals surface area contributed by atoms with Gasteiger partial charge in [0, 0.05) is 6.54 Å². The first kappa shape index (κ1) is 8.82. The van der Waals surface area contributed by atoms with Crippen molar-refractivity contribution in [3.05, 3.63) is 6.20 Å². The van der Waals surface area contributed by atoms with Crippen LogP contribution in [0.2, 0.25) is 0 Å². The molecule has 0 bridgehead atoms. The van der Waals surface area contributed by atoms with Crippen molar-refractivity contribution in [2.45, 2.75) is 6.42 Å². The molecule has 0 aromatic carbocycles. The first-order valence-corrected chi connectivity index (χ1v) is 3.61. The Bertz CT molecular complexity index is 237. The van der Waals surface area contributed by atoms with Crippen LogP contribution in [0.3, 0.4) is 0 Å². The van der Waals surface area contributed by atoms with E-state index in [1.54, 1.807) is 0 Å². The maximum absolute atomic E-state index is 9.04. The maximum Gasteiger partial charge on any atom is 0.333 e. The highest BCUT2D eigenvalue weighted by molar-refractivity contribution is 5.49. The average molecular weight is 172 g/mol. The molecular formula is C6H12N4O2. The van der Waals surface area contributed by atoms with Crippen molar-refractivity contribution in [2.75, 3.05) is 18.1 Å². The van der Waals surface area contributed by atoms with E-state index in [-0.39, 0.29) is 5.95 Å². The molecule has 68 valence electrons. The molecule has 0 saturated carbocycles. The zero-order valence-electron chi connectivity index (χ0n) is 6.60. The van der Waals surface area contributed by atoms with Crippen LogP contribution in [-0.4, -0.2) is 23.4 Å². The Morgan fingerprint density at radius 1 is 1.67 bits per heavy atom. The van der Waals surface area contributed by atoms with Crippen molar-refractivity contribution in [2.24, 2.45) is 11.6 Å². The number of hydrazine groups is 1. The molecular weight excluding hydrogens is 160 g/mol. The molecule has 0 spiro atoms. The van der Waals surface area contributed by atoms with Crippen molar-refractivity contribution in [1.82, 2.24) is 5.16 Å². The average Bonchev–Trinajstić information content (AvgIpc) is 2.47. The normalized spacial score (nSPS) is 10.2.